The predicted octanol–water partition coefficient (Wildman–Crippen LogP) is 6.21. The van der Waals surface area contributed by atoms with E-state index in [0.29, 0.717) is 30.1 Å². The molecule has 0 radical (unpaired) electrons. The van der Waals surface area contributed by atoms with E-state index in [4.69, 9.17) is 4.74 Å². The minimum atomic E-state index is -0.855. The zero-order chi connectivity index (χ0) is 21.4. The number of hydrogen-bond acceptors (Lipinski definition) is 3. The highest BCUT2D eigenvalue weighted by molar-refractivity contribution is 5.91. The maximum absolute atomic E-state index is 11.8. The number of carbonyl (C=O) groups excluding carboxylic acids is 1. The molecule has 4 nitrogen and oxygen atoms in total. The molecular weight excluding hydrogens is 364 g/mol. The number of carboxylic acids is 1. The fraction of sp³-hybridized carbons (Fsp3) is 0.520. The van der Waals surface area contributed by atoms with Crippen LogP contribution in [-0.4, -0.2) is 17.0 Å². The van der Waals surface area contributed by atoms with Gasteiger partial charge < -0.3 is 9.84 Å². The third kappa shape index (κ3) is 5.37. The van der Waals surface area contributed by atoms with Crippen molar-refractivity contribution in [3.63, 3.8) is 0 Å². The van der Waals surface area contributed by atoms with Crippen LogP contribution < -0.4 is 4.74 Å². The van der Waals surface area contributed by atoms with E-state index >= 15 is 0 Å². The van der Waals surface area contributed by atoms with Crippen LogP contribution in [0.25, 0.3) is 0 Å². The van der Waals surface area contributed by atoms with E-state index in [9.17, 15) is 14.7 Å². The summed E-state index contributed by atoms with van der Waals surface area (Å²) >= 11 is 0. The number of esters is 1. The second-order valence-electron chi connectivity index (χ2n) is 8.02. The van der Waals surface area contributed by atoms with Crippen molar-refractivity contribution in [3.05, 3.63) is 53.1 Å². The minimum Gasteiger partial charge on any atom is -0.478 e. The summed E-state index contributed by atoms with van der Waals surface area (Å²) in [4.78, 5) is 23.4. The molecule has 2 rings (SSSR count). The fourth-order valence-electron chi connectivity index (χ4n) is 4.20. The van der Waals surface area contributed by atoms with Gasteiger partial charge in [0.15, 0.2) is 0 Å². The van der Waals surface area contributed by atoms with Crippen LogP contribution in [0.4, 0.5) is 0 Å². The summed E-state index contributed by atoms with van der Waals surface area (Å²) in [6.07, 6.45) is 9.84. The highest BCUT2D eigenvalue weighted by atomic mass is 16.5. The second-order valence-corrected chi connectivity index (χ2v) is 8.02. The molecule has 0 aliphatic heterocycles. The van der Waals surface area contributed by atoms with Crippen molar-refractivity contribution in [2.45, 2.75) is 78.1 Å². The lowest BCUT2D eigenvalue weighted by Crippen LogP contribution is -2.35. The molecule has 1 aromatic carbocycles. The number of unbranched alkanes of at least 4 members (excludes halogenated alkanes) is 1. The van der Waals surface area contributed by atoms with E-state index in [2.05, 4.69) is 19.9 Å². The van der Waals surface area contributed by atoms with E-state index < -0.39 is 5.97 Å². The normalized spacial score (nSPS) is 19.9. The lowest BCUT2D eigenvalue weighted by Gasteiger charge is -2.41. The summed E-state index contributed by atoms with van der Waals surface area (Å²) in [5.41, 5.74) is 2.31. The van der Waals surface area contributed by atoms with Gasteiger partial charge in [-0.15, -0.1) is 0 Å². The molecule has 4 heteroatoms. The number of hydrogen-bond donors (Lipinski definition) is 1. The first kappa shape index (κ1) is 22.9. The van der Waals surface area contributed by atoms with Crippen molar-refractivity contribution >= 4 is 11.9 Å². The standard InChI is InChI=1S/C25H34O4/c1-5-8-10-18(4)25(16-15-22(24(27)28)19(7-3)17-25)20-11-13-21(14-12-20)29-23(26)9-6-2/h11-16,18H,5-10,17H2,1-4H3,(H,27,28)/t18?,25-/m1/s1. The molecule has 0 saturated carbocycles. The van der Waals surface area contributed by atoms with Crippen LogP contribution in [0.1, 0.15) is 78.2 Å². The molecule has 2 atom stereocenters. The lowest BCUT2D eigenvalue weighted by molar-refractivity contribution is -0.134. The summed E-state index contributed by atoms with van der Waals surface area (Å²) in [5, 5.41) is 9.57. The zero-order valence-corrected chi connectivity index (χ0v) is 18.2. The molecule has 0 bridgehead atoms. The van der Waals surface area contributed by atoms with Crippen LogP contribution in [-0.2, 0) is 15.0 Å². The highest BCUT2D eigenvalue weighted by Gasteiger charge is 2.39. The molecular formula is C25H34O4. The smallest absolute Gasteiger partial charge is 0.335 e. The van der Waals surface area contributed by atoms with Gasteiger partial charge in [0.25, 0.3) is 0 Å². The molecule has 1 aliphatic rings. The van der Waals surface area contributed by atoms with E-state index in [1.165, 1.54) is 0 Å². The first-order valence-corrected chi connectivity index (χ1v) is 10.8. The molecule has 1 N–H and O–H groups in total. The highest BCUT2D eigenvalue weighted by Crippen LogP contribution is 2.46. The van der Waals surface area contributed by atoms with Gasteiger partial charge in [-0.05, 0) is 49.3 Å². The molecule has 158 valence electrons. The molecule has 0 aromatic heterocycles. The van der Waals surface area contributed by atoms with Gasteiger partial charge in [-0.25, -0.2) is 4.79 Å². The number of rotatable bonds is 10. The molecule has 1 unspecified atom stereocenters. The number of carboxylic acid groups (broad SMARTS) is 1. The van der Waals surface area contributed by atoms with Crippen LogP contribution in [0, 0.1) is 5.92 Å². The van der Waals surface area contributed by atoms with Gasteiger partial charge in [-0.2, -0.15) is 0 Å². The van der Waals surface area contributed by atoms with Crippen LogP contribution in [0.15, 0.2) is 47.6 Å². The maximum Gasteiger partial charge on any atom is 0.335 e. The minimum absolute atomic E-state index is 0.217. The Morgan fingerprint density at radius 3 is 2.38 bits per heavy atom. The number of carbonyl (C=O) groups is 2. The third-order valence-corrected chi connectivity index (χ3v) is 6.04. The molecule has 0 heterocycles. The Labute approximate surface area is 174 Å². The van der Waals surface area contributed by atoms with Crippen molar-refractivity contribution < 1.29 is 19.4 Å². The van der Waals surface area contributed by atoms with Crippen molar-refractivity contribution in [3.8, 4) is 5.75 Å². The molecule has 0 amide bonds. The number of allylic oxidation sites excluding steroid dienone is 2. The SMILES string of the molecule is CCCCC(C)[C@@]1(c2ccc(OC(=O)CCC)cc2)C=CC(C(=O)O)=C(CC)C1. The Hall–Kier alpha value is -2.36. The first-order valence-electron chi connectivity index (χ1n) is 10.8. The molecule has 1 aromatic rings. The van der Waals surface area contributed by atoms with Gasteiger partial charge in [-0.3, -0.25) is 4.79 Å². The number of aliphatic carboxylic acids is 1. The third-order valence-electron chi connectivity index (χ3n) is 6.04. The van der Waals surface area contributed by atoms with Crippen LogP contribution in [0.5, 0.6) is 5.75 Å². The predicted molar refractivity (Wildman–Crippen MR) is 116 cm³/mol. The Kier molecular flexibility index (Phi) is 8.24. The first-order chi connectivity index (χ1) is 13.9. The Morgan fingerprint density at radius 2 is 1.83 bits per heavy atom. The second kappa shape index (κ2) is 10.4. The zero-order valence-electron chi connectivity index (χ0n) is 18.2. The molecule has 0 fully saturated rings. The molecule has 1 aliphatic carbocycles. The van der Waals surface area contributed by atoms with Crippen LogP contribution >= 0.6 is 0 Å². The Bertz CT molecular complexity index is 773. The maximum atomic E-state index is 11.8. The monoisotopic (exact) mass is 398 g/mol. The van der Waals surface area contributed by atoms with Crippen LogP contribution in [0.2, 0.25) is 0 Å². The van der Waals surface area contributed by atoms with E-state index in [-0.39, 0.29) is 11.4 Å². The van der Waals surface area contributed by atoms with Gasteiger partial charge in [0.2, 0.25) is 0 Å². The van der Waals surface area contributed by atoms with Crippen molar-refractivity contribution in [1.29, 1.82) is 0 Å². The van der Waals surface area contributed by atoms with Crippen LogP contribution in [0.3, 0.4) is 0 Å². The molecule has 0 spiro atoms. The Morgan fingerprint density at radius 1 is 1.14 bits per heavy atom. The summed E-state index contributed by atoms with van der Waals surface area (Å²) in [5.74, 6) is -0.151. The van der Waals surface area contributed by atoms with Gasteiger partial charge in [0, 0.05) is 11.8 Å². The van der Waals surface area contributed by atoms with Crippen molar-refractivity contribution in [2.75, 3.05) is 0 Å². The van der Waals surface area contributed by atoms with Gasteiger partial charge >= 0.3 is 11.9 Å². The average Bonchev–Trinajstić information content (AvgIpc) is 2.71. The number of benzene rings is 1. The summed E-state index contributed by atoms with van der Waals surface area (Å²) in [7, 11) is 0. The van der Waals surface area contributed by atoms with Gasteiger partial charge in [-0.1, -0.05) is 70.4 Å². The molecule has 0 saturated heterocycles. The largest absolute Gasteiger partial charge is 0.478 e. The average molecular weight is 399 g/mol. The number of ether oxygens (including phenoxy) is 1. The topological polar surface area (TPSA) is 63.6 Å². The van der Waals surface area contributed by atoms with Gasteiger partial charge in [0.05, 0.1) is 5.57 Å². The van der Waals surface area contributed by atoms with Gasteiger partial charge in [0.1, 0.15) is 5.75 Å². The van der Waals surface area contributed by atoms with Crippen molar-refractivity contribution in [1.82, 2.24) is 0 Å². The summed E-state index contributed by atoms with van der Waals surface area (Å²) in [6.45, 7) is 8.42. The quantitative estimate of drug-likeness (QED) is 0.376. The molecule has 29 heavy (non-hydrogen) atoms. The van der Waals surface area contributed by atoms with E-state index in [1.54, 1.807) is 6.08 Å². The van der Waals surface area contributed by atoms with E-state index in [1.807, 2.05) is 38.1 Å². The van der Waals surface area contributed by atoms with Crippen molar-refractivity contribution in [2.24, 2.45) is 5.92 Å². The Balaban J connectivity index is 2.38. The summed E-state index contributed by atoms with van der Waals surface area (Å²) in [6, 6.07) is 7.76. The lowest BCUT2D eigenvalue weighted by atomic mass is 9.63. The van der Waals surface area contributed by atoms with E-state index in [0.717, 1.165) is 43.2 Å². The fourth-order valence-corrected chi connectivity index (χ4v) is 4.20. The summed E-state index contributed by atoms with van der Waals surface area (Å²) < 4.78 is 5.40.